The number of hydrogen-bond acceptors (Lipinski definition) is 13. The number of carbonyl (C=O) groups excluding carboxylic acids is 2. The van der Waals surface area contributed by atoms with E-state index in [0.29, 0.717) is 48.0 Å². The number of para-hydroxylation sites is 2. The van der Waals surface area contributed by atoms with Gasteiger partial charge in [-0.1, -0.05) is 205 Å². The number of anilines is 4. The molecule has 2 amide bonds. The van der Waals surface area contributed by atoms with Crippen molar-refractivity contribution >= 4 is 34.8 Å². The Morgan fingerprint density at radius 3 is 1.10 bits per heavy atom. The van der Waals surface area contributed by atoms with Crippen molar-refractivity contribution in [3.63, 3.8) is 0 Å². The predicted octanol–water partition coefficient (Wildman–Crippen LogP) is 16.2. The predicted molar refractivity (Wildman–Crippen MR) is 361 cm³/mol. The number of nitrogens with two attached hydrogens (primary N) is 1. The van der Waals surface area contributed by atoms with Crippen molar-refractivity contribution in [2.75, 3.05) is 34.4 Å². The fourth-order valence-corrected chi connectivity index (χ4v) is 11.4. The number of carbonyl (C=O) groups is 2. The van der Waals surface area contributed by atoms with Crippen LogP contribution < -0.4 is 27.0 Å². The zero-order valence-corrected chi connectivity index (χ0v) is 52.0. The summed E-state index contributed by atoms with van der Waals surface area (Å²) in [5, 5.41) is 47.6. The zero-order chi connectivity index (χ0) is 63.2. The van der Waals surface area contributed by atoms with Gasteiger partial charge in [-0.05, 0) is 115 Å². The van der Waals surface area contributed by atoms with Crippen molar-refractivity contribution in [1.82, 2.24) is 19.9 Å². The minimum atomic E-state index is -0.901. The Labute approximate surface area is 532 Å². The van der Waals surface area contributed by atoms with E-state index in [-0.39, 0.29) is 23.3 Å². The van der Waals surface area contributed by atoms with Gasteiger partial charge in [-0.15, -0.1) is 0 Å². The van der Waals surface area contributed by atoms with E-state index in [1.807, 2.05) is 182 Å². The molecule has 6 unspecified atom stereocenters. The SMILES string of the molecule is NCCCCCCCCCCCC(=O)Nc1ccccc1C(Nc1ccccn1)C(c1ccccn1)C(O)c1ccccc1.O=C(CCCCCCCCCCC[N+](=O)[O-])Nc1ccccc1C(Nc1ccccn1)C(c1ccccn1)C(O)c1ccccc1. The molecule has 0 aliphatic heterocycles. The Morgan fingerprint density at radius 2 is 0.744 bits per heavy atom. The van der Waals surface area contributed by atoms with E-state index < -0.39 is 36.1 Å². The summed E-state index contributed by atoms with van der Waals surface area (Å²) in [7, 11) is 0. The van der Waals surface area contributed by atoms with Gasteiger partial charge in [0.05, 0.1) is 36.1 Å². The first-order chi connectivity index (χ1) is 44.2. The minimum absolute atomic E-state index is 0.00573. The number of rotatable bonds is 39. The lowest BCUT2D eigenvalue weighted by atomic mass is 9.82. The zero-order valence-electron chi connectivity index (χ0n) is 52.0. The minimum Gasteiger partial charge on any atom is -0.388 e. The average Bonchev–Trinajstić information content (AvgIpc) is 1.19. The molecule has 0 spiro atoms. The summed E-state index contributed by atoms with van der Waals surface area (Å²) >= 11 is 0. The largest absolute Gasteiger partial charge is 0.388 e. The van der Waals surface area contributed by atoms with Gasteiger partial charge < -0.3 is 37.2 Å². The number of hydrogen-bond donors (Lipinski definition) is 7. The fourth-order valence-electron chi connectivity index (χ4n) is 11.4. The van der Waals surface area contributed by atoms with Crippen molar-refractivity contribution < 1.29 is 24.7 Å². The molecule has 0 bridgehead atoms. The second kappa shape index (κ2) is 40.0. The maximum Gasteiger partial charge on any atom is 0.224 e. The number of nitrogens with zero attached hydrogens (tertiary/aromatic N) is 5. The molecule has 8 rings (SSSR count). The Hall–Kier alpha value is -8.70. The number of benzene rings is 4. The van der Waals surface area contributed by atoms with Gasteiger partial charge in [-0.3, -0.25) is 29.7 Å². The van der Waals surface area contributed by atoms with Gasteiger partial charge in [0.1, 0.15) is 11.6 Å². The Morgan fingerprint density at radius 1 is 0.411 bits per heavy atom. The van der Waals surface area contributed by atoms with E-state index in [2.05, 4.69) is 41.2 Å². The molecule has 0 aliphatic rings. The van der Waals surface area contributed by atoms with Gasteiger partial charge in [0.2, 0.25) is 18.4 Å². The lowest BCUT2D eigenvalue weighted by Crippen LogP contribution is -2.27. The van der Waals surface area contributed by atoms with Crippen LogP contribution in [-0.4, -0.2) is 60.0 Å². The van der Waals surface area contributed by atoms with Crippen molar-refractivity contribution in [2.45, 2.75) is 165 Å². The summed E-state index contributed by atoms with van der Waals surface area (Å²) in [6.45, 7) is 0.850. The monoisotopic (exact) mass is 1220 g/mol. The lowest BCUT2D eigenvalue weighted by Gasteiger charge is -2.33. The molecule has 90 heavy (non-hydrogen) atoms. The number of amides is 2. The number of aliphatic hydroxyl groups excluding tert-OH is 2. The third kappa shape index (κ3) is 23.7. The summed E-state index contributed by atoms with van der Waals surface area (Å²) in [6, 6.07) is 56.5. The molecule has 16 nitrogen and oxygen atoms in total. The number of nitrogens with one attached hydrogen (secondary N) is 4. The van der Waals surface area contributed by atoms with Gasteiger partial charge >= 0.3 is 0 Å². The van der Waals surface area contributed by atoms with E-state index in [1.165, 1.54) is 32.1 Å². The topological polar surface area (TPSA) is 243 Å². The first-order valence-electron chi connectivity index (χ1n) is 32.4. The summed E-state index contributed by atoms with van der Waals surface area (Å²) < 4.78 is 0. The van der Waals surface area contributed by atoms with E-state index in [4.69, 9.17) is 5.73 Å². The Kier molecular flexibility index (Phi) is 30.6. The molecule has 0 aliphatic carbocycles. The van der Waals surface area contributed by atoms with Crippen LogP contribution in [0.1, 0.15) is 198 Å². The molecule has 474 valence electrons. The molecule has 4 aromatic carbocycles. The highest BCUT2D eigenvalue weighted by molar-refractivity contribution is 5.92. The number of aromatic nitrogens is 4. The van der Waals surface area contributed by atoms with E-state index >= 15 is 0 Å². The third-order valence-electron chi connectivity index (χ3n) is 16.2. The summed E-state index contributed by atoms with van der Waals surface area (Å²) in [6.07, 6.45) is 25.2. The molecule has 0 saturated carbocycles. The second-order valence-electron chi connectivity index (χ2n) is 22.9. The molecule has 8 N–H and O–H groups in total. The maximum atomic E-state index is 13.2. The van der Waals surface area contributed by atoms with Gasteiger partial charge in [0.15, 0.2) is 0 Å². The molecule has 4 aromatic heterocycles. The van der Waals surface area contributed by atoms with E-state index in [0.717, 1.165) is 112 Å². The van der Waals surface area contributed by atoms with Crippen molar-refractivity contribution in [2.24, 2.45) is 5.73 Å². The quantitative estimate of drug-likeness (QED) is 0.0108. The number of aliphatic hydroxyl groups is 2. The number of unbranched alkanes of at least 4 members (excludes halogenated alkanes) is 16. The molecule has 0 saturated heterocycles. The maximum absolute atomic E-state index is 13.2. The molecular weight excluding hydrogens is 1120 g/mol. The lowest BCUT2D eigenvalue weighted by molar-refractivity contribution is -0.480. The van der Waals surface area contributed by atoms with Gasteiger partial charge in [-0.25, -0.2) is 9.97 Å². The first kappa shape index (κ1) is 68.8. The van der Waals surface area contributed by atoms with Crippen LogP contribution in [0.4, 0.5) is 23.0 Å². The van der Waals surface area contributed by atoms with Crippen LogP contribution in [-0.2, 0) is 9.59 Å². The van der Waals surface area contributed by atoms with Crippen molar-refractivity contribution in [1.29, 1.82) is 0 Å². The molecule has 0 fully saturated rings. The molecule has 4 heterocycles. The van der Waals surface area contributed by atoms with Gasteiger partial charge in [-0.2, -0.15) is 0 Å². The summed E-state index contributed by atoms with van der Waals surface area (Å²) in [5.41, 5.74) is 11.6. The number of pyridine rings is 4. The van der Waals surface area contributed by atoms with Crippen LogP contribution in [0.5, 0.6) is 0 Å². The smallest absolute Gasteiger partial charge is 0.224 e. The first-order valence-corrected chi connectivity index (χ1v) is 32.4. The Bertz CT molecular complexity index is 3250. The van der Waals surface area contributed by atoms with Crippen molar-refractivity contribution in [3.05, 3.63) is 251 Å². The average molecular weight is 1220 g/mol. The second-order valence-corrected chi connectivity index (χ2v) is 22.9. The normalized spacial score (nSPS) is 13.1. The van der Waals surface area contributed by atoms with Gasteiger partial charge in [0, 0.05) is 71.7 Å². The van der Waals surface area contributed by atoms with E-state index in [9.17, 15) is 29.9 Å². The highest BCUT2D eigenvalue weighted by Gasteiger charge is 2.37. The van der Waals surface area contributed by atoms with Crippen LogP contribution >= 0.6 is 0 Å². The van der Waals surface area contributed by atoms with Crippen LogP contribution in [0.25, 0.3) is 0 Å². The third-order valence-corrected chi connectivity index (χ3v) is 16.2. The van der Waals surface area contributed by atoms with Crippen LogP contribution in [0.2, 0.25) is 0 Å². The Balaban J connectivity index is 0.000000256. The summed E-state index contributed by atoms with van der Waals surface area (Å²) in [4.78, 5) is 54.9. The highest BCUT2D eigenvalue weighted by Crippen LogP contribution is 2.45. The molecule has 16 heteroatoms. The van der Waals surface area contributed by atoms with E-state index in [1.54, 1.807) is 24.8 Å². The molecule has 0 radical (unpaired) electrons. The van der Waals surface area contributed by atoms with Crippen LogP contribution in [0.15, 0.2) is 207 Å². The highest BCUT2D eigenvalue weighted by atomic mass is 16.6. The fraction of sp³-hybridized carbons (Fsp3) is 0.378. The molecular formula is C74H92N10O6. The summed E-state index contributed by atoms with van der Waals surface area (Å²) in [5.74, 6) is 0.248. The van der Waals surface area contributed by atoms with Crippen LogP contribution in [0.3, 0.4) is 0 Å². The van der Waals surface area contributed by atoms with Crippen molar-refractivity contribution in [3.8, 4) is 0 Å². The standard InChI is InChI=1S/C37H45N5O4.C37H47N5O2/c43-34(25-11-6-4-2-1-3-5-7-18-28-42(45)46)40-31-22-13-12-21-30(31)36(41-33-24-15-17-27-39-33)35(32-23-14-16-26-38-32)37(44)29-19-9-8-10-20-29;38-26-16-7-5-3-1-2-4-6-11-25-34(43)41-31-22-13-12-21-30(31)36(42-33-24-15-18-28-40-33)35(32-23-14-17-27-39-32)37(44)29-19-9-8-10-20-29/h8-10,12-17,19-24,26-27,35-37,44H,1-7,11,18,25,28H2,(H,39,41)(H,40,43);8-10,12-15,17-24,27-28,35-37,44H,1-7,11,16,25-26,38H2,(H,40,42)(H,41,43). The van der Waals surface area contributed by atoms with Gasteiger partial charge in [0.25, 0.3) is 0 Å². The molecule has 6 atom stereocenters. The number of nitro groups is 1. The van der Waals surface area contributed by atoms with Crippen LogP contribution in [0, 0.1) is 10.1 Å². The molecule has 8 aromatic rings.